The van der Waals surface area contributed by atoms with Gasteiger partial charge in [0.25, 0.3) is 0 Å². The van der Waals surface area contributed by atoms with Gasteiger partial charge in [0, 0.05) is 31.1 Å². The summed E-state index contributed by atoms with van der Waals surface area (Å²) < 4.78 is 13.0. The zero-order valence-corrected chi connectivity index (χ0v) is 16.1. The summed E-state index contributed by atoms with van der Waals surface area (Å²) in [6, 6.07) is 15.9. The molecule has 0 spiro atoms. The highest BCUT2D eigenvalue weighted by molar-refractivity contribution is 8.00. The molecule has 0 aromatic heterocycles. The summed E-state index contributed by atoms with van der Waals surface area (Å²) in [6.07, 6.45) is 0.258. The van der Waals surface area contributed by atoms with Crippen LogP contribution in [-0.4, -0.2) is 53.0 Å². The molecule has 1 saturated heterocycles. The van der Waals surface area contributed by atoms with Gasteiger partial charge >= 0.3 is 0 Å². The topological polar surface area (TPSA) is 40.6 Å². The lowest BCUT2D eigenvalue weighted by Gasteiger charge is -2.36. The van der Waals surface area contributed by atoms with E-state index < -0.39 is 0 Å². The molecule has 4 nitrogen and oxygen atoms in total. The van der Waals surface area contributed by atoms with Crippen LogP contribution < -0.4 is 0 Å². The van der Waals surface area contributed by atoms with Gasteiger partial charge in [0.1, 0.15) is 5.82 Å². The van der Waals surface area contributed by atoms with Crippen LogP contribution in [0, 0.1) is 5.82 Å². The minimum Gasteiger partial charge on any atom is -0.339 e. The van der Waals surface area contributed by atoms with Crippen molar-refractivity contribution in [2.45, 2.75) is 23.5 Å². The maximum Gasteiger partial charge on any atom is 0.235 e. The Bertz CT molecular complexity index is 775. The van der Waals surface area contributed by atoms with E-state index in [1.54, 1.807) is 28.8 Å². The molecule has 0 N–H and O–H groups in total. The smallest absolute Gasteiger partial charge is 0.235 e. The SMILES string of the molecule is CC(Sc1ccccc1)C(=O)N1CCN(C(=O)Cc2ccc(F)cc2)CC1. The number of hydrogen-bond acceptors (Lipinski definition) is 3. The van der Waals surface area contributed by atoms with E-state index in [-0.39, 0.29) is 29.3 Å². The predicted octanol–water partition coefficient (Wildman–Crippen LogP) is 3.22. The van der Waals surface area contributed by atoms with Crippen LogP contribution in [0.25, 0.3) is 0 Å². The van der Waals surface area contributed by atoms with Crippen LogP contribution in [0.3, 0.4) is 0 Å². The first-order valence-corrected chi connectivity index (χ1v) is 9.93. The molecule has 0 aliphatic carbocycles. The van der Waals surface area contributed by atoms with E-state index in [9.17, 15) is 14.0 Å². The Morgan fingerprint density at radius 1 is 0.963 bits per heavy atom. The zero-order chi connectivity index (χ0) is 19.2. The highest BCUT2D eigenvalue weighted by atomic mass is 32.2. The lowest BCUT2D eigenvalue weighted by atomic mass is 10.1. The average Bonchev–Trinajstić information content (AvgIpc) is 2.70. The van der Waals surface area contributed by atoms with Crippen LogP contribution in [0.1, 0.15) is 12.5 Å². The number of amides is 2. The molecule has 1 fully saturated rings. The number of nitrogens with zero attached hydrogens (tertiary/aromatic N) is 2. The van der Waals surface area contributed by atoms with E-state index in [1.165, 1.54) is 12.1 Å². The number of carbonyl (C=O) groups excluding carboxylic acids is 2. The number of thioether (sulfide) groups is 1. The van der Waals surface area contributed by atoms with Crippen LogP contribution in [0.5, 0.6) is 0 Å². The van der Waals surface area contributed by atoms with Crippen LogP contribution in [0.15, 0.2) is 59.5 Å². The van der Waals surface area contributed by atoms with E-state index in [1.807, 2.05) is 42.2 Å². The van der Waals surface area contributed by atoms with Crippen molar-refractivity contribution in [3.63, 3.8) is 0 Å². The van der Waals surface area contributed by atoms with Crippen LogP contribution >= 0.6 is 11.8 Å². The van der Waals surface area contributed by atoms with Crippen molar-refractivity contribution in [3.05, 3.63) is 66.0 Å². The van der Waals surface area contributed by atoms with Gasteiger partial charge in [0.2, 0.25) is 11.8 Å². The number of benzene rings is 2. The molecule has 1 aliphatic rings. The fraction of sp³-hybridized carbons (Fsp3) is 0.333. The Balaban J connectivity index is 1.48. The zero-order valence-electron chi connectivity index (χ0n) is 15.3. The van der Waals surface area contributed by atoms with Crippen molar-refractivity contribution >= 4 is 23.6 Å². The Morgan fingerprint density at radius 2 is 1.56 bits per heavy atom. The molecule has 2 aromatic rings. The second-order valence-corrected chi connectivity index (χ2v) is 8.00. The Hall–Kier alpha value is -2.34. The van der Waals surface area contributed by atoms with Crippen molar-refractivity contribution in [2.75, 3.05) is 26.2 Å². The number of hydrogen-bond donors (Lipinski definition) is 0. The lowest BCUT2D eigenvalue weighted by Crippen LogP contribution is -2.52. The van der Waals surface area contributed by atoms with E-state index in [0.29, 0.717) is 26.2 Å². The van der Waals surface area contributed by atoms with E-state index >= 15 is 0 Å². The molecule has 6 heteroatoms. The Morgan fingerprint density at radius 3 is 2.19 bits per heavy atom. The maximum absolute atomic E-state index is 13.0. The number of rotatable bonds is 5. The second-order valence-electron chi connectivity index (χ2n) is 6.58. The van der Waals surface area contributed by atoms with Gasteiger partial charge in [-0.1, -0.05) is 30.3 Å². The predicted molar refractivity (Wildman–Crippen MR) is 105 cm³/mol. The van der Waals surface area contributed by atoms with Gasteiger partial charge in [-0.15, -0.1) is 11.8 Å². The molecule has 2 amide bonds. The van der Waals surface area contributed by atoms with Crippen molar-refractivity contribution in [1.29, 1.82) is 0 Å². The largest absolute Gasteiger partial charge is 0.339 e. The van der Waals surface area contributed by atoms with Gasteiger partial charge in [0.05, 0.1) is 11.7 Å². The monoisotopic (exact) mass is 386 g/mol. The Kier molecular flexibility index (Phi) is 6.50. The summed E-state index contributed by atoms with van der Waals surface area (Å²) in [5.74, 6) is -0.185. The molecular formula is C21H23FN2O2S. The number of halogens is 1. The second kappa shape index (κ2) is 9.04. The molecule has 1 atom stereocenters. The molecular weight excluding hydrogens is 363 g/mol. The van der Waals surface area contributed by atoms with E-state index in [4.69, 9.17) is 0 Å². The van der Waals surface area contributed by atoms with E-state index in [0.717, 1.165) is 10.5 Å². The van der Waals surface area contributed by atoms with Crippen molar-refractivity contribution in [1.82, 2.24) is 9.80 Å². The third-order valence-electron chi connectivity index (χ3n) is 4.62. The summed E-state index contributed by atoms with van der Waals surface area (Å²) in [4.78, 5) is 29.8. The highest BCUT2D eigenvalue weighted by Gasteiger charge is 2.27. The minimum atomic E-state index is -0.305. The number of carbonyl (C=O) groups is 2. The summed E-state index contributed by atoms with van der Waals surface area (Å²) >= 11 is 1.55. The molecule has 2 aromatic carbocycles. The molecule has 0 radical (unpaired) electrons. The van der Waals surface area contributed by atoms with Crippen molar-refractivity contribution in [3.8, 4) is 0 Å². The maximum atomic E-state index is 13.0. The molecule has 1 aliphatic heterocycles. The molecule has 1 heterocycles. The molecule has 142 valence electrons. The molecule has 0 saturated carbocycles. The van der Waals surface area contributed by atoms with Gasteiger partial charge in [-0.25, -0.2) is 4.39 Å². The normalized spacial score (nSPS) is 15.5. The van der Waals surface area contributed by atoms with Crippen molar-refractivity contribution in [2.24, 2.45) is 0 Å². The summed E-state index contributed by atoms with van der Waals surface area (Å²) in [7, 11) is 0. The highest BCUT2D eigenvalue weighted by Crippen LogP contribution is 2.24. The number of piperazine rings is 1. The molecule has 1 unspecified atom stereocenters. The lowest BCUT2D eigenvalue weighted by molar-refractivity contribution is -0.138. The Labute approximate surface area is 163 Å². The third-order valence-corrected chi connectivity index (χ3v) is 5.72. The standard InChI is InChI=1S/C21H23FN2O2S/c1-16(27-19-5-3-2-4-6-19)21(26)24-13-11-23(12-14-24)20(25)15-17-7-9-18(22)10-8-17/h2-10,16H,11-15H2,1H3. The first-order chi connectivity index (χ1) is 13.0. The van der Waals surface area contributed by atoms with Gasteiger partial charge in [-0.2, -0.15) is 0 Å². The fourth-order valence-electron chi connectivity index (χ4n) is 3.08. The van der Waals surface area contributed by atoms with Gasteiger partial charge in [-0.05, 0) is 36.8 Å². The molecule has 3 rings (SSSR count). The fourth-order valence-corrected chi connectivity index (χ4v) is 4.05. The summed E-state index contributed by atoms with van der Waals surface area (Å²) in [5.41, 5.74) is 0.799. The first-order valence-electron chi connectivity index (χ1n) is 9.05. The van der Waals surface area contributed by atoms with Gasteiger partial charge in [0.15, 0.2) is 0 Å². The molecule has 0 bridgehead atoms. The van der Waals surface area contributed by atoms with Crippen molar-refractivity contribution < 1.29 is 14.0 Å². The van der Waals surface area contributed by atoms with Gasteiger partial charge in [-0.3, -0.25) is 9.59 Å². The quantitative estimate of drug-likeness (QED) is 0.741. The minimum absolute atomic E-state index is 0.0143. The first kappa shape index (κ1) is 19.4. The third kappa shape index (κ3) is 5.32. The van der Waals surface area contributed by atoms with Gasteiger partial charge < -0.3 is 9.80 Å². The summed E-state index contributed by atoms with van der Waals surface area (Å²) in [5, 5.41) is -0.158. The van der Waals surface area contributed by atoms with E-state index in [2.05, 4.69) is 0 Å². The average molecular weight is 386 g/mol. The van der Waals surface area contributed by atoms with Crippen LogP contribution in [0.4, 0.5) is 4.39 Å². The van der Waals surface area contributed by atoms with Crippen LogP contribution in [-0.2, 0) is 16.0 Å². The molecule has 27 heavy (non-hydrogen) atoms. The van der Waals surface area contributed by atoms with Crippen LogP contribution in [0.2, 0.25) is 0 Å². The summed E-state index contributed by atoms with van der Waals surface area (Å²) in [6.45, 7) is 4.09.